The highest BCUT2D eigenvalue weighted by Gasteiger charge is 2.20. The Morgan fingerprint density at radius 1 is 1.32 bits per heavy atom. The van der Waals surface area contributed by atoms with Crippen LogP contribution in [0.1, 0.15) is 30.0 Å². The molecular formula is C15H16BrN3. The summed E-state index contributed by atoms with van der Waals surface area (Å²) in [5.41, 5.74) is 9.41. The van der Waals surface area contributed by atoms with Crippen molar-refractivity contribution in [2.45, 2.75) is 25.3 Å². The third kappa shape index (κ3) is 2.59. The first kappa shape index (κ1) is 12.5. The molecule has 1 aliphatic carbocycles. The van der Waals surface area contributed by atoms with E-state index in [1.54, 1.807) is 6.20 Å². The largest absolute Gasteiger partial charge is 0.399 e. The van der Waals surface area contributed by atoms with Crippen molar-refractivity contribution in [1.29, 1.82) is 0 Å². The number of aryl methyl sites for hydroxylation is 1. The smallest absolute Gasteiger partial charge is 0.140 e. The monoisotopic (exact) mass is 317 g/mol. The van der Waals surface area contributed by atoms with Gasteiger partial charge in [-0.2, -0.15) is 0 Å². The van der Waals surface area contributed by atoms with Gasteiger partial charge in [-0.25, -0.2) is 4.98 Å². The van der Waals surface area contributed by atoms with E-state index in [9.17, 15) is 0 Å². The normalized spacial score (nSPS) is 17.8. The lowest BCUT2D eigenvalue weighted by Crippen LogP contribution is -2.18. The molecule has 1 unspecified atom stereocenters. The van der Waals surface area contributed by atoms with E-state index in [1.807, 2.05) is 18.2 Å². The Kier molecular flexibility index (Phi) is 3.42. The summed E-state index contributed by atoms with van der Waals surface area (Å²) in [7, 11) is 0. The van der Waals surface area contributed by atoms with Crippen LogP contribution in [0.15, 0.2) is 41.0 Å². The van der Waals surface area contributed by atoms with E-state index >= 15 is 0 Å². The number of anilines is 2. The number of aromatic nitrogens is 1. The number of benzene rings is 1. The first-order valence-electron chi connectivity index (χ1n) is 6.49. The summed E-state index contributed by atoms with van der Waals surface area (Å²) >= 11 is 3.53. The molecule has 0 saturated carbocycles. The standard InChI is InChI=1S/C15H16BrN3/c16-13-4-2-8-18-15(13)19-14-5-1-3-10-9-11(17)6-7-12(10)14/h2,4,6-9,14H,1,3,5,17H2,(H,18,19). The summed E-state index contributed by atoms with van der Waals surface area (Å²) in [5, 5.41) is 3.53. The van der Waals surface area contributed by atoms with Gasteiger partial charge in [-0.05, 0) is 70.6 Å². The number of halogens is 1. The van der Waals surface area contributed by atoms with Crippen LogP contribution in [-0.4, -0.2) is 4.98 Å². The van der Waals surface area contributed by atoms with Crippen LogP contribution >= 0.6 is 15.9 Å². The van der Waals surface area contributed by atoms with E-state index < -0.39 is 0 Å². The molecular weight excluding hydrogens is 302 g/mol. The molecule has 1 heterocycles. The molecule has 0 saturated heterocycles. The number of pyridine rings is 1. The molecule has 0 aliphatic heterocycles. The summed E-state index contributed by atoms with van der Waals surface area (Å²) in [4.78, 5) is 4.38. The highest BCUT2D eigenvalue weighted by atomic mass is 79.9. The van der Waals surface area contributed by atoms with Crippen molar-refractivity contribution >= 4 is 27.4 Å². The van der Waals surface area contributed by atoms with Crippen LogP contribution in [0, 0.1) is 0 Å². The molecule has 19 heavy (non-hydrogen) atoms. The Morgan fingerprint density at radius 2 is 2.21 bits per heavy atom. The van der Waals surface area contributed by atoms with Gasteiger partial charge in [0.2, 0.25) is 0 Å². The molecule has 4 heteroatoms. The Morgan fingerprint density at radius 3 is 3.05 bits per heavy atom. The quantitative estimate of drug-likeness (QED) is 0.825. The summed E-state index contributed by atoms with van der Waals surface area (Å²) in [6, 6.07) is 10.4. The number of fused-ring (bicyclic) bond motifs is 1. The van der Waals surface area contributed by atoms with E-state index in [2.05, 4.69) is 38.4 Å². The molecule has 1 aromatic carbocycles. The van der Waals surface area contributed by atoms with Crippen molar-refractivity contribution in [1.82, 2.24) is 4.98 Å². The first-order chi connectivity index (χ1) is 9.24. The maximum Gasteiger partial charge on any atom is 0.140 e. The predicted molar refractivity (Wildman–Crippen MR) is 82.1 cm³/mol. The number of hydrogen-bond acceptors (Lipinski definition) is 3. The van der Waals surface area contributed by atoms with Crippen LogP contribution in [-0.2, 0) is 6.42 Å². The van der Waals surface area contributed by atoms with Crippen molar-refractivity contribution in [2.75, 3.05) is 11.1 Å². The molecule has 0 fully saturated rings. The minimum absolute atomic E-state index is 0.315. The highest BCUT2D eigenvalue weighted by molar-refractivity contribution is 9.10. The number of nitrogens with two attached hydrogens (primary N) is 1. The van der Waals surface area contributed by atoms with E-state index in [4.69, 9.17) is 5.73 Å². The van der Waals surface area contributed by atoms with Gasteiger partial charge in [0.25, 0.3) is 0 Å². The third-order valence-corrected chi connectivity index (χ3v) is 4.19. The van der Waals surface area contributed by atoms with Crippen molar-refractivity contribution < 1.29 is 0 Å². The minimum atomic E-state index is 0.315. The molecule has 0 radical (unpaired) electrons. The zero-order chi connectivity index (χ0) is 13.2. The SMILES string of the molecule is Nc1ccc2c(c1)CCCC2Nc1ncccc1Br. The minimum Gasteiger partial charge on any atom is -0.399 e. The molecule has 3 nitrogen and oxygen atoms in total. The van der Waals surface area contributed by atoms with Crippen LogP contribution < -0.4 is 11.1 Å². The maximum absolute atomic E-state index is 5.86. The second-order valence-corrected chi connectivity index (χ2v) is 5.74. The van der Waals surface area contributed by atoms with Gasteiger partial charge in [-0.1, -0.05) is 6.07 Å². The first-order valence-corrected chi connectivity index (χ1v) is 7.28. The van der Waals surface area contributed by atoms with Crippen molar-refractivity contribution in [2.24, 2.45) is 0 Å². The topological polar surface area (TPSA) is 50.9 Å². The number of hydrogen-bond donors (Lipinski definition) is 2. The summed E-state index contributed by atoms with van der Waals surface area (Å²) in [6.45, 7) is 0. The lowest BCUT2D eigenvalue weighted by Gasteiger charge is -2.27. The summed E-state index contributed by atoms with van der Waals surface area (Å²) < 4.78 is 0.998. The summed E-state index contributed by atoms with van der Waals surface area (Å²) in [5.74, 6) is 0.900. The van der Waals surface area contributed by atoms with Gasteiger partial charge < -0.3 is 11.1 Å². The predicted octanol–water partition coefficient (Wildman–Crippen LogP) is 3.92. The Balaban J connectivity index is 1.90. The number of nitrogens with one attached hydrogen (secondary N) is 1. The second kappa shape index (κ2) is 5.21. The lowest BCUT2D eigenvalue weighted by molar-refractivity contribution is 0.598. The zero-order valence-electron chi connectivity index (χ0n) is 10.6. The molecule has 2 aromatic rings. The molecule has 0 spiro atoms. The average Bonchev–Trinajstić information content (AvgIpc) is 2.41. The molecule has 3 rings (SSSR count). The average molecular weight is 318 g/mol. The fourth-order valence-electron chi connectivity index (χ4n) is 2.64. The van der Waals surface area contributed by atoms with Crippen LogP contribution in [0.2, 0.25) is 0 Å². The Hall–Kier alpha value is -1.55. The Bertz CT molecular complexity index is 598. The van der Waals surface area contributed by atoms with Gasteiger partial charge in [0.05, 0.1) is 10.5 Å². The molecule has 1 aromatic heterocycles. The maximum atomic E-state index is 5.86. The molecule has 1 atom stereocenters. The van der Waals surface area contributed by atoms with Gasteiger partial charge in [0.15, 0.2) is 0 Å². The highest BCUT2D eigenvalue weighted by Crippen LogP contribution is 2.34. The third-order valence-electron chi connectivity index (χ3n) is 3.55. The Labute approximate surface area is 121 Å². The van der Waals surface area contributed by atoms with Crippen LogP contribution in [0.3, 0.4) is 0 Å². The molecule has 0 bridgehead atoms. The van der Waals surface area contributed by atoms with E-state index in [1.165, 1.54) is 17.5 Å². The second-order valence-electron chi connectivity index (χ2n) is 4.88. The van der Waals surface area contributed by atoms with Crippen molar-refractivity contribution in [3.63, 3.8) is 0 Å². The van der Waals surface area contributed by atoms with Crippen molar-refractivity contribution in [3.05, 3.63) is 52.1 Å². The molecule has 3 N–H and O–H groups in total. The van der Waals surface area contributed by atoms with E-state index in [-0.39, 0.29) is 0 Å². The van der Waals surface area contributed by atoms with Gasteiger partial charge in [0.1, 0.15) is 5.82 Å². The lowest BCUT2D eigenvalue weighted by atomic mass is 9.87. The van der Waals surface area contributed by atoms with Crippen LogP contribution in [0.25, 0.3) is 0 Å². The van der Waals surface area contributed by atoms with E-state index in [0.717, 1.165) is 28.8 Å². The zero-order valence-corrected chi connectivity index (χ0v) is 12.2. The van der Waals surface area contributed by atoms with Gasteiger partial charge in [0, 0.05) is 11.9 Å². The number of nitrogen functional groups attached to an aromatic ring is 1. The van der Waals surface area contributed by atoms with Gasteiger partial charge >= 0.3 is 0 Å². The number of rotatable bonds is 2. The van der Waals surface area contributed by atoms with Crippen LogP contribution in [0.4, 0.5) is 11.5 Å². The summed E-state index contributed by atoms with van der Waals surface area (Å²) in [6.07, 6.45) is 5.22. The number of nitrogens with zero attached hydrogens (tertiary/aromatic N) is 1. The van der Waals surface area contributed by atoms with Gasteiger partial charge in [-0.15, -0.1) is 0 Å². The molecule has 1 aliphatic rings. The van der Waals surface area contributed by atoms with Crippen molar-refractivity contribution in [3.8, 4) is 0 Å². The van der Waals surface area contributed by atoms with E-state index in [0.29, 0.717) is 6.04 Å². The van der Waals surface area contributed by atoms with Gasteiger partial charge in [-0.3, -0.25) is 0 Å². The fourth-order valence-corrected chi connectivity index (χ4v) is 3.01. The fraction of sp³-hybridized carbons (Fsp3) is 0.267. The molecule has 0 amide bonds. The van der Waals surface area contributed by atoms with Crippen LogP contribution in [0.5, 0.6) is 0 Å². The molecule has 98 valence electrons.